The molecule has 5 atom stereocenters. The standard InChI is InChI=1S/C25H29N5O4/c1-24-10-15(11-25(2,34-24)21(32)20(24)31)17-8-9-18(19(29-17)14-6-4-3-5-7-14)30-23(33)22-27-13-16(12-26)28-22/h6,8-9,13,15,20-21,31-32H,3-5,7,10-11H2,1-2H3,(H,27,28)(H,30,33)/t15?,20-,21?,24?,25-/m0/s1. The highest BCUT2D eigenvalue weighted by molar-refractivity contribution is 6.03. The minimum Gasteiger partial charge on any atom is -0.387 e. The topological polar surface area (TPSA) is 144 Å². The van der Waals surface area contributed by atoms with Gasteiger partial charge in [-0.3, -0.25) is 9.78 Å². The number of amides is 1. The Balaban J connectivity index is 1.48. The molecule has 2 aromatic heterocycles. The molecule has 0 aromatic carbocycles. The van der Waals surface area contributed by atoms with Crippen LogP contribution in [0.4, 0.5) is 5.69 Å². The van der Waals surface area contributed by atoms with Crippen LogP contribution in [0, 0.1) is 11.3 Å². The van der Waals surface area contributed by atoms with Crippen LogP contribution in [0.3, 0.4) is 0 Å². The number of aliphatic hydroxyl groups excluding tert-OH is 2. The van der Waals surface area contributed by atoms with Gasteiger partial charge in [-0.1, -0.05) is 6.08 Å². The van der Waals surface area contributed by atoms with E-state index in [1.807, 2.05) is 32.0 Å². The maximum Gasteiger partial charge on any atom is 0.291 e. The lowest BCUT2D eigenvalue weighted by molar-refractivity contribution is -0.153. The number of ether oxygens (including phenoxy) is 1. The number of carbonyl (C=O) groups excluding carboxylic acids is 1. The number of nitrogens with zero attached hydrogens (tertiary/aromatic N) is 3. The van der Waals surface area contributed by atoms with Gasteiger partial charge in [0.25, 0.3) is 5.91 Å². The van der Waals surface area contributed by atoms with E-state index < -0.39 is 29.3 Å². The summed E-state index contributed by atoms with van der Waals surface area (Å²) in [4.78, 5) is 24.5. The largest absolute Gasteiger partial charge is 0.387 e. The number of allylic oxidation sites excluding steroid dienone is 2. The Morgan fingerprint density at radius 1 is 1.24 bits per heavy atom. The fraction of sp³-hybridized carbons (Fsp3) is 0.520. The number of aromatic nitrogens is 3. The molecular formula is C25H29N5O4. The quantitative estimate of drug-likeness (QED) is 0.545. The van der Waals surface area contributed by atoms with Crippen molar-refractivity contribution in [2.24, 2.45) is 0 Å². The zero-order valence-electron chi connectivity index (χ0n) is 19.3. The smallest absolute Gasteiger partial charge is 0.291 e. The Morgan fingerprint density at radius 3 is 2.59 bits per heavy atom. The predicted molar refractivity (Wildman–Crippen MR) is 124 cm³/mol. The monoisotopic (exact) mass is 463 g/mol. The van der Waals surface area contributed by atoms with Crippen LogP contribution in [0.2, 0.25) is 0 Å². The zero-order chi connectivity index (χ0) is 24.1. The van der Waals surface area contributed by atoms with Gasteiger partial charge in [-0.15, -0.1) is 0 Å². The molecule has 2 aromatic rings. The van der Waals surface area contributed by atoms with Gasteiger partial charge in [0.05, 0.1) is 28.8 Å². The van der Waals surface area contributed by atoms with Gasteiger partial charge in [-0.25, -0.2) is 4.98 Å². The van der Waals surface area contributed by atoms with E-state index in [0.29, 0.717) is 18.5 Å². The zero-order valence-corrected chi connectivity index (χ0v) is 19.3. The molecule has 178 valence electrons. The van der Waals surface area contributed by atoms with Crippen LogP contribution in [0.1, 0.15) is 86.0 Å². The summed E-state index contributed by atoms with van der Waals surface area (Å²) < 4.78 is 6.10. The minimum absolute atomic E-state index is 0.00787. The molecule has 9 nitrogen and oxygen atoms in total. The number of imidazole rings is 1. The van der Waals surface area contributed by atoms with E-state index in [0.717, 1.165) is 42.6 Å². The highest BCUT2D eigenvalue weighted by Gasteiger charge is 2.62. The molecule has 2 aliphatic heterocycles. The molecular weight excluding hydrogens is 434 g/mol. The summed E-state index contributed by atoms with van der Waals surface area (Å²) in [6, 6.07) is 5.68. The summed E-state index contributed by atoms with van der Waals surface area (Å²) in [6.07, 6.45) is 6.70. The maximum absolute atomic E-state index is 12.8. The number of hydrogen-bond acceptors (Lipinski definition) is 7. The first-order chi connectivity index (χ1) is 16.2. The molecule has 0 radical (unpaired) electrons. The number of pyridine rings is 1. The van der Waals surface area contributed by atoms with E-state index >= 15 is 0 Å². The third-order valence-electron chi connectivity index (χ3n) is 7.41. The van der Waals surface area contributed by atoms with E-state index in [2.05, 4.69) is 21.4 Å². The Labute approximate surface area is 197 Å². The number of hydrogen-bond donors (Lipinski definition) is 4. The summed E-state index contributed by atoms with van der Waals surface area (Å²) in [5, 5.41) is 33.1. The van der Waals surface area contributed by atoms with Crippen LogP contribution in [-0.2, 0) is 4.74 Å². The van der Waals surface area contributed by atoms with Crippen molar-refractivity contribution < 1.29 is 19.7 Å². The number of rotatable bonds is 4. The molecule has 5 rings (SSSR count). The molecule has 4 N–H and O–H groups in total. The number of carbonyl (C=O) groups is 1. The van der Waals surface area contributed by atoms with Crippen LogP contribution in [0.25, 0.3) is 5.57 Å². The van der Waals surface area contributed by atoms with Gasteiger partial charge in [0.1, 0.15) is 24.0 Å². The normalized spacial score (nSPS) is 32.7. The lowest BCUT2D eigenvalue weighted by Gasteiger charge is -2.41. The third kappa shape index (κ3) is 3.82. The number of anilines is 1. The van der Waals surface area contributed by atoms with Crippen LogP contribution < -0.4 is 5.32 Å². The number of H-pyrrole nitrogens is 1. The number of nitriles is 1. The number of aliphatic hydroxyl groups is 2. The van der Waals surface area contributed by atoms with Gasteiger partial charge in [-0.2, -0.15) is 5.26 Å². The van der Waals surface area contributed by atoms with Gasteiger partial charge in [0.15, 0.2) is 5.82 Å². The summed E-state index contributed by atoms with van der Waals surface area (Å²) >= 11 is 0. The average Bonchev–Trinajstić information content (AvgIpc) is 3.36. The van der Waals surface area contributed by atoms with Crippen LogP contribution in [0.15, 0.2) is 24.4 Å². The fourth-order valence-corrected chi connectivity index (χ4v) is 5.68. The number of fused-ring (bicyclic) bond motifs is 2. The van der Waals surface area contributed by atoms with E-state index in [9.17, 15) is 15.0 Å². The molecule has 0 spiro atoms. The van der Waals surface area contributed by atoms with E-state index in [-0.39, 0.29) is 17.4 Å². The summed E-state index contributed by atoms with van der Waals surface area (Å²) in [7, 11) is 0. The number of nitrogens with one attached hydrogen (secondary N) is 2. The van der Waals surface area contributed by atoms with Crippen molar-refractivity contribution in [3.63, 3.8) is 0 Å². The fourth-order valence-electron chi connectivity index (χ4n) is 5.68. The SMILES string of the molecule is CC12CC(c3ccc(NC(=O)c4ncc(C#N)[nH]4)c(C4=CCCCC4)n3)C[C@](C)(O1)C(O)[C@@H]2O. The van der Waals surface area contributed by atoms with Gasteiger partial charge in [-0.05, 0) is 70.1 Å². The predicted octanol–water partition coefficient (Wildman–Crippen LogP) is 3.03. The minimum atomic E-state index is -0.951. The van der Waals surface area contributed by atoms with Crippen molar-refractivity contribution in [3.8, 4) is 6.07 Å². The second kappa shape index (κ2) is 8.31. The van der Waals surface area contributed by atoms with Gasteiger partial charge in [0.2, 0.25) is 0 Å². The second-order valence-electron chi connectivity index (χ2n) is 10.0. The molecule has 3 aliphatic rings. The second-order valence-corrected chi connectivity index (χ2v) is 10.0. The molecule has 1 amide bonds. The van der Waals surface area contributed by atoms with Crippen LogP contribution >= 0.6 is 0 Å². The molecule has 2 bridgehead atoms. The van der Waals surface area contributed by atoms with Crippen LogP contribution in [0.5, 0.6) is 0 Å². The Morgan fingerprint density at radius 2 is 1.97 bits per heavy atom. The Hall–Kier alpha value is -3.06. The maximum atomic E-state index is 12.8. The number of aromatic amines is 1. The first kappa shape index (κ1) is 22.7. The average molecular weight is 464 g/mol. The molecule has 3 unspecified atom stereocenters. The van der Waals surface area contributed by atoms with Crippen molar-refractivity contribution >= 4 is 17.2 Å². The summed E-state index contributed by atoms with van der Waals surface area (Å²) in [5.74, 6) is -0.385. The highest BCUT2D eigenvalue weighted by atomic mass is 16.6. The van der Waals surface area contributed by atoms with E-state index in [1.54, 1.807) is 0 Å². The lowest BCUT2D eigenvalue weighted by Crippen LogP contribution is -2.43. The molecule has 34 heavy (non-hydrogen) atoms. The Bertz CT molecular complexity index is 1180. The highest BCUT2D eigenvalue weighted by Crippen LogP contribution is 2.53. The molecule has 9 heteroatoms. The third-order valence-corrected chi connectivity index (χ3v) is 7.41. The van der Waals surface area contributed by atoms with Crippen molar-refractivity contribution in [1.29, 1.82) is 5.26 Å². The molecule has 2 fully saturated rings. The van der Waals surface area contributed by atoms with Gasteiger partial charge in [0, 0.05) is 11.6 Å². The molecule has 1 aliphatic carbocycles. The van der Waals surface area contributed by atoms with Crippen LogP contribution in [-0.4, -0.2) is 54.5 Å². The van der Waals surface area contributed by atoms with E-state index in [1.165, 1.54) is 6.20 Å². The first-order valence-corrected chi connectivity index (χ1v) is 11.8. The van der Waals surface area contributed by atoms with Crippen molar-refractivity contribution in [3.05, 3.63) is 47.3 Å². The van der Waals surface area contributed by atoms with Gasteiger partial charge >= 0.3 is 0 Å². The van der Waals surface area contributed by atoms with E-state index in [4.69, 9.17) is 15.0 Å². The lowest BCUT2D eigenvalue weighted by atomic mass is 9.82. The summed E-state index contributed by atoms with van der Waals surface area (Å²) in [5.41, 5.74) is 1.80. The van der Waals surface area contributed by atoms with Crippen molar-refractivity contribution in [2.75, 3.05) is 5.32 Å². The Kier molecular flexibility index (Phi) is 5.55. The molecule has 2 saturated heterocycles. The summed E-state index contributed by atoms with van der Waals surface area (Å²) in [6.45, 7) is 3.69. The van der Waals surface area contributed by atoms with Crippen molar-refractivity contribution in [2.45, 2.75) is 81.7 Å². The van der Waals surface area contributed by atoms with Crippen molar-refractivity contribution in [1.82, 2.24) is 15.0 Å². The first-order valence-electron chi connectivity index (χ1n) is 11.8. The molecule has 4 heterocycles. The molecule has 0 saturated carbocycles. The van der Waals surface area contributed by atoms with Gasteiger partial charge < -0.3 is 25.3 Å².